The average Bonchev–Trinajstić information content (AvgIpc) is 3.55. The zero-order valence-electron chi connectivity index (χ0n) is 24.5. The van der Waals surface area contributed by atoms with E-state index < -0.39 is 23.4 Å². The smallest absolute Gasteiger partial charge is 0.238 e. The highest BCUT2D eigenvalue weighted by atomic mass is 16.5. The molecule has 0 radical (unpaired) electrons. The van der Waals surface area contributed by atoms with E-state index in [-0.39, 0.29) is 17.5 Å². The highest BCUT2D eigenvalue weighted by molar-refractivity contribution is 6.17. The van der Waals surface area contributed by atoms with Crippen molar-refractivity contribution in [2.75, 3.05) is 19.0 Å². The maximum Gasteiger partial charge on any atom is 0.238 e. The normalized spacial score (nSPS) is 22.6. The molecule has 0 unspecified atom stereocenters. The number of fused-ring (bicyclic) bond motifs is 6. The summed E-state index contributed by atoms with van der Waals surface area (Å²) in [7, 11) is 1.52. The summed E-state index contributed by atoms with van der Waals surface area (Å²) in [5, 5.41) is 3.09. The monoisotopic (exact) mass is 584 g/mol. The van der Waals surface area contributed by atoms with Gasteiger partial charge in [0.05, 0.1) is 31.2 Å². The molecular weight excluding hydrogens is 552 g/mol. The maximum atomic E-state index is 15.0. The van der Waals surface area contributed by atoms with E-state index in [1.807, 2.05) is 72.6 Å². The number of nitrogens with one attached hydrogen (secondary N) is 1. The van der Waals surface area contributed by atoms with E-state index in [1.165, 1.54) is 7.11 Å². The van der Waals surface area contributed by atoms with Crippen molar-refractivity contribution in [1.82, 2.24) is 4.90 Å². The lowest BCUT2D eigenvalue weighted by molar-refractivity contribution is -0.122. The third-order valence-electron chi connectivity index (χ3n) is 9.11. The van der Waals surface area contributed by atoms with E-state index in [4.69, 9.17) is 9.47 Å². The van der Waals surface area contributed by atoms with E-state index in [9.17, 15) is 14.4 Å². The molecule has 1 spiro atoms. The second kappa shape index (κ2) is 10.8. The van der Waals surface area contributed by atoms with Crippen LogP contribution in [-0.2, 0) is 10.2 Å². The highest BCUT2D eigenvalue weighted by Gasteiger charge is 2.70. The summed E-state index contributed by atoms with van der Waals surface area (Å²) in [5.41, 5.74) is 2.56. The van der Waals surface area contributed by atoms with Crippen molar-refractivity contribution >= 4 is 29.2 Å². The molecule has 0 bridgehead atoms. The molecule has 1 saturated heterocycles. The van der Waals surface area contributed by atoms with Gasteiger partial charge in [0, 0.05) is 17.5 Å². The van der Waals surface area contributed by atoms with Crippen LogP contribution in [0.15, 0.2) is 103 Å². The van der Waals surface area contributed by atoms with Gasteiger partial charge in [-0.1, -0.05) is 61.5 Å². The summed E-state index contributed by atoms with van der Waals surface area (Å²) in [5.74, 6) is -0.859. The van der Waals surface area contributed by atoms with Gasteiger partial charge in [-0.05, 0) is 71.7 Å². The SMILES string of the molecule is CCCOc1ccc(C(=O)[C@@H]2[C@H](C(=O)c3ccccc3OC)N3C=Cc4ccccc4[C@H]3[C@@]23C(=O)Nc2ccccc23)cc1. The van der Waals surface area contributed by atoms with Crippen LogP contribution in [0.4, 0.5) is 5.69 Å². The number of amides is 1. The van der Waals surface area contributed by atoms with Crippen LogP contribution in [0.5, 0.6) is 11.5 Å². The molecule has 7 heteroatoms. The van der Waals surface area contributed by atoms with Crippen LogP contribution in [0.2, 0.25) is 0 Å². The zero-order chi connectivity index (χ0) is 30.4. The lowest BCUT2D eigenvalue weighted by atomic mass is 9.62. The number of ketones is 2. The van der Waals surface area contributed by atoms with Gasteiger partial charge in [0.1, 0.15) is 23.0 Å². The van der Waals surface area contributed by atoms with Crippen molar-refractivity contribution in [2.24, 2.45) is 5.92 Å². The Bertz CT molecular complexity index is 1810. The van der Waals surface area contributed by atoms with Crippen LogP contribution < -0.4 is 14.8 Å². The van der Waals surface area contributed by atoms with Gasteiger partial charge in [-0.15, -0.1) is 0 Å². The number of methoxy groups -OCH3 is 1. The third kappa shape index (κ3) is 3.99. The zero-order valence-corrected chi connectivity index (χ0v) is 24.5. The van der Waals surface area contributed by atoms with Crippen LogP contribution in [0, 0.1) is 5.92 Å². The summed E-state index contributed by atoms with van der Waals surface area (Å²) in [6.45, 7) is 2.59. The summed E-state index contributed by atoms with van der Waals surface area (Å²) < 4.78 is 11.4. The molecule has 0 saturated carbocycles. The Morgan fingerprint density at radius 2 is 1.61 bits per heavy atom. The Morgan fingerprint density at radius 1 is 0.886 bits per heavy atom. The van der Waals surface area contributed by atoms with Crippen LogP contribution in [0.3, 0.4) is 0 Å². The van der Waals surface area contributed by atoms with E-state index in [0.717, 1.165) is 17.5 Å². The number of rotatable bonds is 8. The molecule has 3 aliphatic rings. The molecule has 1 fully saturated rings. The van der Waals surface area contributed by atoms with E-state index >= 15 is 0 Å². The third-order valence-corrected chi connectivity index (χ3v) is 9.11. The summed E-state index contributed by atoms with van der Waals surface area (Å²) in [6.07, 6.45) is 4.68. The van der Waals surface area contributed by atoms with E-state index in [0.29, 0.717) is 40.5 Å². The molecule has 1 amide bonds. The van der Waals surface area contributed by atoms with Gasteiger partial charge in [0.2, 0.25) is 5.91 Å². The number of anilines is 1. The van der Waals surface area contributed by atoms with Crippen molar-refractivity contribution in [3.63, 3.8) is 0 Å². The first-order valence-electron chi connectivity index (χ1n) is 14.9. The lowest BCUT2D eigenvalue weighted by Gasteiger charge is -2.38. The van der Waals surface area contributed by atoms with Crippen LogP contribution >= 0.6 is 0 Å². The van der Waals surface area contributed by atoms with Gasteiger partial charge in [-0.25, -0.2) is 0 Å². The summed E-state index contributed by atoms with van der Waals surface area (Å²) in [4.78, 5) is 46.3. The number of para-hydroxylation sites is 2. The number of benzene rings is 4. The molecule has 0 aromatic heterocycles. The molecule has 44 heavy (non-hydrogen) atoms. The molecule has 7 rings (SSSR count). The van der Waals surface area contributed by atoms with E-state index in [1.54, 1.807) is 48.5 Å². The molecule has 3 heterocycles. The molecule has 7 nitrogen and oxygen atoms in total. The molecule has 1 N–H and O–H groups in total. The fraction of sp³-hybridized carbons (Fsp3) is 0.216. The van der Waals surface area contributed by atoms with Crippen molar-refractivity contribution in [3.8, 4) is 11.5 Å². The molecule has 220 valence electrons. The number of nitrogens with zero attached hydrogens (tertiary/aromatic N) is 1. The minimum absolute atomic E-state index is 0.285. The minimum Gasteiger partial charge on any atom is -0.496 e. The Morgan fingerprint density at radius 3 is 2.41 bits per heavy atom. The van der Waals surface area contributed by atoms with Crippen LogP contribution in [-0.4, -0.2) is 42.1 Å². The Balaban J connectivity index is 1.48. The molecule has 4 aromatic rings. The molecule has 4 atom stereocenters. The molecule has 3 aliphatic heterocycles. The lowest BCUT2D eigenvalue weighted by Crippen LogP contribution is -2.49. The number of ether oxygens (including phenoxy) is 2. The van der Waals surface area contributed by atoms with Crippen LogP contribution in [0.25, 0.3) is 6.08 Å². The van der Waals surface area contributed by atoms with Crippen molar-refractivity contribution < 1.29 is 23.9 Å². The Labute approximate surface area is 256 Å². The van der Waals surface area contributed by atoms with Gasteiger partial charge in [0.15, 0.2) is 11.6 Å². The van der Waals surface area contributed by atoms with Crippen molar-refractivity contribution in [1.29, 1.82) is 0 Å². The predicted molar refractivity (Wildman–Crippen MR) is 168 cm³/mol. The molecular formula is C37H32N2O5. The largest absolute Gasteiger partial charge is 0.496 e. The minimum atomic E-state index is -1.39. The van der Waals surface area contributed by atoms with Gasteiger partial charge in [-0.2, -0.15) is 0 Å². The Kier molecular flexibility index (Phi) is 6.81. The first kappa shape index (κ1) is 27.7. The summed E-state index contributed by atoms with van der Waals surface area (Å²) >= 11 is 0. The maximum absolute atomic E-state index is 15.0. The van der Waals surface area contributed by atoms with E-state index in [2.05, 4.69) is 5.32 Å². The van der Waals surface area contributed by atoms with Crippen molar-refractivity contribution in [3.05, 3.63) is 131 Å². The summed E-state index contributed by atoms with van der Waals surface area (Å²) in [6, 6.07) is 27.8. The molecule has 0 aliphatic carbocycles. The average molecular weight is 585 g/mol. The number of hydrogen-bond donors (Lipinski definition) is 1. The van der Waals surface area contributed by atoms with Gasteiger partial charge >= 0.3 is 0 Å². The van der Waals surface area contributed by atoms with Gasteiger partial charge < -0.3 is 19.7 Å². The Hall–Kier alpha value is -5.17. The van der Waals surface area contributed by atoms with Gasteiger partial charge in [0.25, 0.3) is 0 Å². The fourth-order valence-corrected chi connectivity index (χ4v) is 7.29. The number of Topliss-reactive ketones (excluding diaryl/α,β-unsaturated/α-hetero) is 2. The molecule has 4 aromatic carbocycles. The fourth-order valence-electron chi connectivity index (χ4n) is 7.29. The standard InChI is InChI=1S/C37H32N2O5/c1-3-22-44-25-18-16-24(17-19-25)33(40)31-32(34(41)27-12-6-9-15-30(27)43-2)39-21-20-23-10-4-5-11-26(23)35(39)37(31)28-13-7-8-14-29(28)38-36(37)42/h4-21,31-32,35H,3,22H2,1-2H3,(H,38,42)/t31-,32+,35-,37-/m0/s1. The topological polar surface area (TPSA) is 84.9 Å². The van der Waals surface area contributed by atoms with Gasteiger partial charge in [-0.3, -0.25) is 14.4 Å². The van der Waals surface area contributed by atoms with Crippen molar-refractivity contribution in [2.45, 2.75) is 30.8 Å². The van der Waals surface area contributed by atoms with Crippen LogP contribution in [0.1, 0.15) is 56.8 Å². The second-order valence-corrected chi connectivity index (χ2v) is 11.4. The number of carbonyl (C=O) groups excluding carboxylic acids is 3. The second-order valence-electron chi connectivity index (χ2n) is 11.4. The predicted octanol–water partition coefficient (Wildman–Crippen LogP) is 6.47. The number of hydrogen-bond acceptors (Lipinski definition) is 6. The highest BCUT2D eigenvalue weighted by Crippen LogP contribution is 2.62. The number of carbonyl (C=O) groups is 3. The quantitative estimate of drug-likeness (QED) is 0.239. The first-order chi connectivity index (χ1) is 21.5. The first-order valence-corrected chi connectivity index (χ1v) is 14.9.